The van der Waals surface area contributed by atoms with Gasteiger partial charge in [-0.05, 0) is 38.5 Å². The third kappa shape index (κ3) is 4.48. The smallest absolute Gasteiger partial charge is 0.326 e. The normalized spacial score (nSPS) is 15.8. The largest absolute Gasteiger partial charge is 0.454 e. The molecule has 0 spiro atoms. The molecular weight excluding hydrogens is 350 g/mol. The first-order valence-electron chi connectivity index (χ1n) is 7.46. The van der Waals surface area contributed by atoms with Gasteiger partial charge in [-0.3, -0.25) is 19.3 Å². The van der Waals surface area contributed by atoms with Gasteiger partial charge in [-0.25, -0.2) is 4.79 Å². The zero-order valence-corrected chi connectivity index (χ0v) is 14.8. The summed E-state index contributed by atoms with van der Waals surface area (Å²) in [5.74, 6) is -1.95. The molecule has 9 heteroatoms. The maximum Gasteiger partial charge on any atom is 0.326 e. The number of hydrogen-bond donors (Lipinski definition) is 2. The van der Waals surface area contributed by atoms with Crippen molar-refractivity contribution in [2.75, 3.05) is 18.5 Å². The van der Waals surface area contributed by atoms with Crippen molar-refractivity contribution < 1.29 is 23.9 Å². The molecule has 0 aromatic heterocycles. The Labute approximate surface area is 149 Å². The van der Waals surface area contributed by atoms with E-state index in [-0.39, 0.29) is 0 Å². The molecule has 0 saturated carbocycles. The van der Waals surface area contributed by atoms with Crippen LogP contribution in [0.25, 0.3) is 0 Å². The van der Waals surface area contributed by atoms with Gasteiger partial charge in [-0.1, -0.05) is 17.7 Å². The Morgan fingerprint density at radius 3 is 2.60 bits per heavy atom. The Bertz CT molecular complexity index is 747. The predicted octanol–water partition coefficient (Wildman–Crippen LogP) is 1.46. The van der Waals surface area contributed by atoms with Gasteiger partial charge in [0.25, 0.3) is 11.8 Å². The Kier molecular flexibility index (Phi) is 5.32. The molecule has 25 heavy (non-hydrogen) atoms. The number of carbonyl (C=O) groups excluding carboxylic acids is 4. The topological polar surface area (TPSA) is 105 Å². The van der Waals surface area contributed by atoms with E-state index in [1.807, 2.05) is 0 Å². The second kappa shape index (κ2) is 7.10. The number of benzene rings is 1. The van der Waals surface area contributed by atoms with E-state index < -0.39 is 42.5 Å². The van der Waals surface area contributed by atoms with E-state index in [0.29, 0.717) is 10.7 Å². The van der Waals surface area contributed by atoms with Crippen LogP contribution in [0.3, 0.4) is 0 Å². The maximum atomic E-state index is 12.0. The number of urea groups is 1. The summed E-state index contributed by atoms with van der Waals surface area (Å²) >= 11 is 5.86. The van der Waals surface area contributed by atoms with Gasteiger partial charge in [0.05, 0.1) is 0 Å². The van der Waals surface area contributed by atoms with E-state index in [0.717, 1.165) is 10.5 Å². The van der Waals surface area contributed by atoms with Crippen LogP contribution >= 0.6 is 11.6 Å². The zero-order valence-electron chi connectivity index (χ0n) is 14.0. The molecule has 1 aromatic carbocycles. The van der Waals surface area contributed by atoms with Crippen molar-refractivity contribution in [2.45, 2.75) is 26.3 Å². The van der Waals surface area contributed by atoms with Crippen LogP contribution in [0.5, 0.6) is 0 Å². The molecule has 1 heterocycles. The van der Waals surface area contributed by atoms with Gasteiger partial charge in [0, 0.05) is 10.7 Å². The lowest BCUT2D eigenvalue weighted by Gasteiger charge is -2.15. The maximum absolute atomic E-state index is 12.0. The van der Waals surface area contributed by atoms with Gasteiger partial charge in [0.1, 0.15) is 12.1 Å². The van der Waals surface area contributed by atoms with Crippen molar-refractivity contribution in [1.29, 1.82) is 0 Å². The average molecular weight is 368 g/mol. The van der Waals surface area contributed by atoms with Crippen LogP contribution in [-0.4, -0.2) is 47.4 Å². The predicted molar refractivity (Wildman–Crippen MR) is 90.1 cm³/mol. The number of hydrogen-bond acceptors (Lipinski definition) is 5. The summed E-state index contributed by atoms with van der Waals surface area (Å²) in [6.45, 7) is 3.74. The number of carbonyl (C=O) groups is 4. The molecule has 134 valence electrons. The van der Waals surface area contributed by atoms with Crippen LogP contribution in [0, 0.1) is 6.92 Å². The van der Waals surface area contributed by atoms with Crippen LogP contribution in [-0.2, 0) is 19.1 Å². The summed E-state index contributed by atoms with van der Waals surface area (Å²) in [5, 5.41) is 5.47. The van der Waals surface area contributed by atoms with E-state index in [2.05, 4.69) is 10.6 Å². The van der Waals surface area contributed by atoms with Gasteiger partial charge in [0.2, 0.25) is 0 Å². The highest BCUT2D eigenvalue weighted by atomic mass is 35.5. The van der Waals surface area contributed by atoms with Crippen molar-refractivity contribution >= 4 is 41.1 Å². The minimum atomic E-state index is -1.07. The first-order valence-corrected chi connectivity index (χ1v) is 7.83. The Hall–Kier alpha value is -2.61. The molecule has 0 atom stereocenters. The summed E-state index contributed by atoms with van der Waals surface area (Å²) < 4.78 is 4.82. The van der Waals surface area contributed by atoms with Gasteiger partial charge >= 0.3 is 12.0 Å². The second-order valence-corrected chi connectivity index (χ2v) is 6.55. The number of imide groups is 1. The lowest BCUT2D eigenvalue weighted by molar-refractivity contribution is -0.150. The highest BCUT2D eigenvalue weighted by molar-refractivity contribution is 6.31. The minimum absolute atomic E-state index is 0.457. The number of rotatable bonds is 5. The number of amides is 4. The van der Waals surface area contributed by atoms with Crippen molar-refractivity contribution in [3.63, 3.8) is 0 Å². The van der Waals surface area contributed by atoms with Crippen LogP contribution in [0.15, 0.2) is 18.2 Å². The summed E-state index contributed by atoms with van der Waals surface area (Å²) in [7, 11) is 0. The van der Waals surface area contributed by atoms with Crippen molar-refractivity contribution in [1.82, 2.24) is 10.2 Å². The van der Waals surface area contributed by atoms with Gasteiger partial charge in [-0.2, -0.15) is 0 Å². The summed E-state index contributed by atoms with van der Waals surface area (Å²) in [5.41, 5.74) is 0.230. The number of ether oxygens (including phenoxy) is 1. The fourth-order valence-corrected chi connectivity index (χ4v) is 2.37. The average Bonchev–Trinajstić information content (AvgIpc) is 2.71. The summed E-state index contributed by atoms with van der Waals surface area (Å²) in [4.78, 5) is 48.0. The Morgan fingerprint density at radius 1 is 1.32 bits per heavy atom. The van der Waals surface area contributed by atoms with Gasteiger partial charge < -0.3 is 15.4 Å². The quantitative estimate of drug-likeness (QED) is 0.605. The van der Waals surface area contributed by atoms with Crippen molar-refractivity contribution in [2.24, 2.45) is 0 Å². The van der Waals surface area contributed by atoms with E-state index in [1.165, 1.54) is 13.8 Å². The molecule has 1 aliphatic heterocycles. The number of nitrogens with one attached hydrogen (secondary N) is 2. The first-order chi connectivity index (χ1) is 11.6. The lowest BCUT2D eigenvalue weighted by atomic mass is 10.1. The molecule has 1 saturated heterocycles. The fraction of sp³-hybridized carbons (Fsp3) is 0.375. The number of anilines is 1. The zero-order chi connectivity index (χ0) is 18.8. The molecule has 1 aromatic rings. The highest BCUT2D eigenvalue weighted by Crippen LogP contribution is 2.20. The molecule has 4 amide bonds. The van der Waals surface area contributed by atoms with Crippen LogP contribution < -0.4 is 10.6 Å². The van der Waals surface area contributed by atoms with E-state index in [9.17, 15) is 19.2 Å². The summed E-state index contributed by atoms with van der Waals surface area (Å²) in [6, 6.07) is 4.33. The van der Waals surface area contributed by atoms with Crippen LogP contribution in [0.4, 0.5) is 10.5 Å². The molecule has 2 N–H and O–H groups in total. The molecule has 0 unspecified atom stereocenters. The first kappa shape index (κ1) is 18.7. The van der Waals surface area contributed by atoms with E-state index in [4.69, 9.17) is 16.3 Å². The molecule has 0 radical (unpaired) electrons. The molecule has 0 bridgehead atoms. The van der Waals surface area contributed by atoms with Gasteiger partial charge in [-0.15, -0.1) is 0 Å². The number of halogens is 1. The van der Waals surface area contributed by atoms with E-state index >= 15 is 0 Å². The number of aryl methyl sites for hydroxylation is 1. The molecular formula is C16H18ClN3O5. The number of nitrogens with zero attached hydrogens (tertiary/aromatic N) is 1. The van der Waals surface area contributed by atoms with Crippen LogP contribution in [0.1, 0.15) is 19.4 Å². The SMILES string of the molecule is Cc1ccc(Cl)cc1NC(=O)COC(=O)CN1C(=O)NC(C)(C)C1=O. The van der Waals surface area contributed by atoms with Crippen molar-refractivity contribution in [3.8, 4) is 0 Å². The summed E-state index contributed by atoms with van der Waals surface area (Å²) in [6.07, 6.45) is 0. The minimum Gasteiger partial charge on any atom is -0.454 e. The van der Waals surface area contributed by atoms with Crippen LogP contribution in [0.2, 0.25) is 5.02 Å². The molecule has 1 aliphatic rings. The standard InChI is InChI=1S/C16H18ClN3O5/c1-9-4-5-10(17)6-11(9)18-12(21)8-25-13(22)7-20-14(23)16(2,3)19-15(20)24/h4-6H,7-8H2,1-3H3,(H,18,21)(H,19,24). The third-order valence-corrected chi connectivity index (χ3v) is 3.80. The molecule has 2 rings (SSSR count). The molecule has 8 nitrogen and oxygen atoms in total. The molecule has 0 aliphatic carbocycles. The van der Waals surface area contributed by atoms with Gasteiger partial charge in [0.15, 0.2) is 6.61 Å². The lowest BCUT2D eigenvalue weighted by Crippen LogP contribution is -2.41. The molecule has 1 fully saturated rings. The van der Waals surface area contributed by atoms with Crippen molar-refractivity contribution in [3.05, 3.63) is 28.8 Å². The second-order valence-electron chi connectivity index (χ2n) is 6.11. The van der Waals surface area contributed by atoms with E-state index in [1.54, 1.807) is 25.1 Å². The Morgan fingerprint density at radius 2 is 2.00 bits per heavy atom. The Balaban J connectivity index is 1.86. The fourth-order valence-electron chi connectivity index (χ4n) is 2.20. The highest BCUT2D eigenvalue weighted by Gasteiger charge is 2.45. The monoisotopic (exact) mass is 367 g/mol. The number of esters is 1. The third-order valence-electron chi connectivity index (χ3n) is 3.57.